The molecule has 0 fully saturated rings. The van der Waals surface area contributed by atoms with Gasteiger partial charge < -0.3 is 9.64 Å². The van der Waals surface area contributed by atoms with Crippen molar-refractivity contribution >= 4 is 17.9 Å². The van der Waals surface area contributed by atoms with E-state index >= 15 is 0 Å². The molecule has 1 unspecified atom stereocenters. The molecule has 0 radical (unpaired) electrons. The Morgan fingerprint density at radius 1 is 1.21 bits per heavy atom. The van der Waals surface area contributed by atoms with Gasteiger partial charge in [-0.25, -0.2) is 9.78 Å². The van der Waals surface area contributed by atoms with Gasteiger partial charge in [-0.05, 0) is 50.3 Å². The molecule has 0 aliphatic carbocycles. The van der Waals surface area contributed by atoms with Gasteiger partial charge in [-0.3, -0.25) is 0 Å². The van der Waals surface area contributed by atoms with Gasteiger partial charge in [0.2, 0.25) is 0 Å². The van der Waals surface area contributed by atoms with Crippen LogP contribution in [-0.4, -0.2) is 27.6 Å². The molecule has 29 heavy (non-hydrogen) atoms. The summed E-state index contributed by atoms with van der Waals surface area (Å²) in [6, 6.07) is 14.8. The highest BCUT2D eigenvalue weighted by Crippen LogP contribution is 2.30. The fourth-order valence-electron chi connectivity index (χ4n) is 3.58. The second-order valence-electron chi connectivity index (χ2n) is 9.13. The largest absolute Gasteiger partial charge is 0.444 e. The number of aromatic nitrogens is 1. The summed E-state index contributed by atoms with van der Waals surface area (Å²) in [6.07, 6.45) is 1.50. The number of nitrogens with zero attached hydrogens (tertiary/aromatic N) is 2. The first kappa shape index (κ1) is 21.7. The first-order valence-corrected chi connectivity index (χ1v) is 11.3. The molecule has 4 nitrogen and oxygen atoms in total. The summed E-state index contributed by atoms with van der Waals surface area (Å²) in [6.45, 7) is 10.7. The van der Waals surface area contributed by atoms with Crippen molar-refractivity contribution in [1.82, 2.24) is 9.88 Å². The van der Waals surface area contributed by atoms with E-state index in [1.54, 1.807) is 11.8 Å². The standard InChI is InChI=1S/C24H32N2O2S/c1-17(2)13-20-14-21-19(15-26(20)23(27)28-24(3,4)5)11-12-22(25-21)29-16-18-9-7-6-8-10-18/h6-12,17,20H,13-16H2,1-5H3. The number of amides is 1. The molecule has 1 aliphatic heterocycles. The second kappa shape index (κ2) is 9.21. The fourth-order valence-corrected chi connectivity index (χ4v) is 4.42. The van der Waals surface area contributed by atoms with Gasteiger partial charge in [0.15, 0.2) is 0 Å². The molecule has 0 bridgehead atoms. The lowest BCUT2D eigenvalue weighted by Gasteiger charge is -2.38. The monoisotopic (exact) mass is 412 g/mol. The number of ether oxygens (including phenoxy) is 1. The Hall–Kier alpha value is -2.01. The third-order valence-corrected chi connectivity index (χ3v) is 5.86. The molecule has 0 N–H and O–H groups in total. The summed E-state index contributed by atoms with van der Waals surface area (Å²) in [5.41, 5.74) is 3.05. The SMILES string of the molecule is CC(C)CC1Cc2nc(SCc3ccccc3)ccc2CN1C(=O)OC(C)(C)C. The van der Waals surface area contributed by atoms with E-state index in [-0.39, 0.29) is 12.1 Å². The molecule has 1 aromatic heterocycles. The van der Waals surface area contributed by atoms with Crippen LogP contribution in [0.25, 0.3) is 0 Å². The second-order valence-corrected chi connectivity index (χ2v) is 10.1. The lowest BCUT2D eigenvalue weighted by molar-refractivity contribution is 0.00946. The topological polar surface area (TPSA) is 42.4 Å². The maximum Gasteiger partial charge on any atom is 0.410 e. The smallest absolute Gasteiger partial charge is 0.410 e. The van der Waals surface area contributed by atoms with Crippen LogP contribution in [0, 0.1) is 5.92 Å². The molecule has 1 aliphatic rings. The molecule has 0 spiro atoms. The van der Waals surface area contributed by atoms with Gasteiger partial charge in [0, 0.05) is 23.9 Å². The Balaban J connectivity index is 1.76. The normalized spacial score (nSPS) is 16.6. The van der Waals surface area contributed by atoms with Gasteiger partial charge >= 0.3 is 6.09 Å². The summed E-state index contributed by atoms with van der Waals surface area (Å²) in [5, 5.41) is 1.04. The first-order chi connectivity index (χ1) is 13.7. The van der Waals surface area contributed by atoms with Crippen molar-refractivity contribution in [1.29, 1.82) is 0 Å². The molecule has 3 rings (SSSR count). The lowest BCUT2D eigenvalue weighted by atomic mass is 9.92. The number of carbonyl (C=O) groups is 1. The van der Waals surface area contributed by atoms with E-state index in [9.17, 15) is 4.79 Å². The van der Waals surface area contributed by atoms with E-state index in [0.29, 0.717) is 12.5 Å². The van der Waals surface area contributed by atoms with Crippen molar-refractivity contribution < 1.29 is 9.53 Å². The molecule has 1 amide bonds. The number of rotatable bonds is 5. The summed E-state index contributed by atoms with van der Waals surface area (Å²) < 4.78 is 5.68. The van der Waals surface area contributed by atoms with E-state index in [1.807, 2.05) is 31.7 Å². The van der Waals surface area contributed by atoms with Gasteiger partial charge in [0.25, 0.3) is 0 Å². The Kier molecular flexibility index (Phi) is 6.89. The Bertz CT molecular complexity index is 831. The first-order valence-electron chi connectivity index (χ1n) is 10.4. The average Bonchev–Trinajstić information content (AvgIpc) is 2.64. The fraction of sp³-hybridized carbons (Fsp3) is 0.500. The van der Waals surface area contributed by atoms with Crippen LogP contribution in [0.4, 0.5) is 4.79 Å². The number of thioether (sulfide) groups is 1. The van der Waals surface area contributed by atoms with E-state index in [0.717, 1.165) is 34.9 Å². The summed E-state index contributed by atoms with van der Waals surface area (Å²) >= 11 is 1.76. The van der Waals surface area contributed by atoms with Crippen LogP contribution in [-0.2, 0) is 23.5 Å². The maximum atomic E-state index is 12.8. The number of pyridine rings is 1. The molecule has 1 aromatic carbocycles. The number of hydrogen-bond donors (Lipinski definition) is 0. The number of hydrogen-bond acceptors (Lipinski definition) is 4. The molecule has 5 heteroatoms. The van der Waals surface area contributed by atoms with Crippen molar-refractivity contribution in [2.45, 2.75) is 76.4 Å². The highest BCUT2D eigenvalue weighted by atomic mass is 32.2. The van der Waals surface area contributed by atoms with Crippen molar-refractivity contribution in [2.24, 2.45) is 5.92 Å². The van der Waals surface area contributed by atoms with Crippen LogP contribution in [0.3, 0.4) is 0 Å². The minimum Gasteiger partial charge on any atom is -0.444 e. The van der Waals surface area contributed by atoms with Crippen LogP contribution in [0.1, 0.15) is 57.9 Å². The van der Waals surface area contributed by atoms with Gasteiger partial charge in [-0.1, -0.05) is 50.2 Å². The molecular weight excluding hydrogens is 380 g/mol. The van der Waals surface area contributed by atoms with Gasteiger partial charge in [0.1, 0.15) is 5.60 Å². The van der Waals surface area contributed by atoms with Crippen LogP contribution in [0.15, 0.2) is 47.5 Å². The van der Waals surface area contributed by atoms with E-state index in [4.69, 9.17) is 9.72 Å². The molecular formula is C24H32N2O2S. The average molecular weight is 413 g/mol. The van der Waals surface area contributed by atoms with E-state index < -0.39 is 5.60 Å². The third-order valence-electron chi connectivity index (χ3n) is 4.85. The van der Waals surface area contributed by atoms with Gasteiger partial charge in [-0.2, -0.15) is 0 Å². The van der Waals surface area contributed by atoms with Crippen LogP contribution in [0.5, 0.6) is 0 Å². The zero-order valence-corrected chi connectivity index (χ0v) is 19.0. The zero-order valence-electron chi connectivity index (χ0n) is 18.1. The Morgan fingerprint density at radius 3 is 2.59 bits per heavy atom. The van der Waals surface area contributed by atoms with Gasteiger partial charge in [-0.15, -0.1) is 11.8 Å². The number of carbonyl (C=O) groups excluding carboxylic acids is 1. The number of fused-ring (bicyclic) bond motifs is 1. The summed E-state index contributed by atoms with van der Waals surface area (Å²) in [7, 11) is 0. The minimum atomic E-state index is -0.490. The molecule has 0 saturated carbocycles. The molecule has 156 valence electrons. The van der Waals surface area contributed by atoms with Crippen LogP contribution in [0.2, 0.25) is 0 Å². The third kappa shape index (κ3) is 6.23. The van der Waals surface area contributed by atoms with Crippen molar-refractivity contribution in [2.75, 3.05) is 0 Å². The quantitative estimate of drug-likeness (QED) is 0.558. The highest BCUT2D eigenvalue weighted by Gasteiger charge is 2.33. The predicted molar refractivity (Wildman–Crippen MR) is 119 cm³/mol. The van der Waals surface area contributed by atoms with Crippen molar-refractivity contribution in [3.8, 4) is 0 Å². The van der Waals surface area contributed by atoms with Crippen molar-refractivity contribution in [3.05, 3.63) is 59.3 Å². The van der Waals surface area contributed by atoms with Crippen LogP contribution < -0.4 is 0 Å². The Labute approximate surface area is 179 Å². The van der Waals surface area contributed by atoms with Gasteiger partial charge in [0.05, 0.1) is 11.6 Å². The van der Waals surface area contributed by atoms with Crippen LogP contribution >= 0.6 is 11.8 Å². The van der Waals surface area contributed by atoms with E-state index in [1.165, 1.54) is 5.56 Å². The lowest BCUT2D eigenvalue weighted by Crippen LogP contribution is -2.47. The molecule has 2 heterocycles. The summed E-state index contributed by atoms with van der Waals surface area (Å²) in [5.74, 6) is 1.41. The minimum absolute atomic E-state index is 0.124. The Morgan fingerprint density at radius 2 is 1.93 bits per heavy atom. The zero-order chi connectivity index (χ0) is 21.0. The maximum absolute atomic E-state index is 12.8. The summed E-state index contributed by atoms with van der Waals surface area (Å²) in [4.78, 5) is 19.7. The molecule has 2 aromatic rings. The van der Waals surface area contributed by atoms with Crippen molar-refractivity contribution in [3.63, 3.8) is 0 Å². The van der Waals surface area contributed by atoms with E-state index in [2.05, 4.69) is 50.2 Å². The number of benzene rings is 1. The highest BCUT2D eigenvalue weighted by molar-refractivity contribution is 7.98. The predicted octanol–water partition coefficient (Wildman–Crippen LogP) is 6.08. The molecule has 1 atom stereocenters. The molecule has 0 saturated heterocycles.